The minimum atomic E-state index is -0.373. The normalized spacial score (nSPS) is 22.4. The van der Waals surface area contributed by atoms with Crippen molar-refractivity contribution < 1.29 is 4.79 Å². The van der Waals surface area contributed by atoms with E-state index in [9.17, 15) is 4.79 Å². The highest BCUT2D eigenvalue weighted by molar-refractivity contribution is 5.83. The van der Waals surface area contributed by atoms with Crippen molar-refractivity contribution in [2.45, 2.75) is 20.3 Å². The maximum absolute atomic E-state index is 11.9. The van der Waals surface area contributed by atoms with Gasteiger partial charge in [-0.25, -0.2) is 10.8 Å². The Kier molecular flexibility index (Phi) is 3.57. The van der Waals surface area contributed by atoms with Gasteiger partial charge in [-0.05, 0) is 20.3 Å². The second-order valence-electron chi connectivity index (χ2n) is 5.16. The molecule has 1 aliphatic rings. The van der Waals surface area contributed by atoms with Crippen LogP contribution in [-0.2, 0) is 4.79 Å². The maximum Gasteiger partial charge on any atom is 0.239 e. The number of amides is 1. The summed E-state index contributed by atoms with van der Waals surface area (Å²) < 4.78 is 0. The van der Waals surface area contributed by atoms with Crippen molar-refractivity contribution in [2.75, 3.05) is 30.5 Å². The third kappa shape index (κ3) is 2.46. The van der Waals surface area contributed by atoms with Crippen LogP contribution in [-0.4, -0.2) is 36.0 Å². The van der Waals surface area contributed by atoms with Crippen molar-refractivity contribution >= 4 is 17.7 Å². The number of hydrogen-bond acceptors (Lipinski definition) is 6. The van der Waals surface area contributed by atoms with E-state index in [0.717, 1.165) is 24.3 Å². The molecule has 1 fully saturated rings. The van der Waals surface area contributed by atoms with Crippen LogP contribution in [0.5, 0.6) is 0 Å². The lowest BCUT2D eigenvalue weighted by molar-refractivity contribution is -0.128. The summed E-state index contributed by atoms with van der Waals surface area (Å²) >= 11 is 0. The van der Waals surface area contributed by atoms with Crippen LogP contribution >= 0.6 is 0 Å². The van der Waals surface area contributed by atoms with E-state index in [1.165, 1.54) is 0 Å². The molecule has 0 aliphatic carbocycles. The van der Waals surface area contributed by atoms with Crippen LogP contribution in [0.15, 0.2) is 6.20 Å². The Morgan fingerprint density at radius 1 is 1.58 bits per heavy atom. The first kappa shape index (κ1) is 13.5. The van der Waals surface area contributed by atoms with E-state index >= 15 is 0 Å². The number of nitrogens with two attached hydrogens (primary N) is 1. The van der Waals surface area contributed by atoms with Crippen LogP contribution in [0.1, 0.15) is 18.9 Å². The summed E-state index contributed by atoms with van der Waals surface area (Å²) in [6.07, 6.45) is 2.54. The average Bonchev–Trinajstić information content (AvgIpc) is 2.82. The molecule has 0 saturated carbocycles. The molecule has 0 aromatic carbocycles. The molecule has 1 saturated heterocycles. The molecule has 0 spiro atoms. The van der Waals surface area contributed by atoms with Gasteiger partial charge in [0, 0.05) is 31.9 Å². The largest absolute Gasteiger partial charge is 0.359 e. The molecule has 7 heteroatoms. The highest BCUT2D eigenvalue weighted by Gasteiger charge is 2.40. The molecule has 1 atom stereocenters. The molecule has 2 heterocycles. The molecule has 7 nitrogen and oxygen atoms in total. The van der Waals surface area contributed by atoms with Crippen LogP contribution in [0.4, 0.5) is 11.8 Å². The van der Waals surface area contributed by atoms with Gasteiger partial charge in [-0.3, -0.25) is 10.2 Å². The molecule has 1 aromatic heterocycles. The van der Waals surface area contributed by atoms with Crippen molar-refractivity contribution in [1.29, 1.82) is 0 Å². The summed E-state index contributed by atoms with van der Waals surface area (Å²) in [5.74, 6) is 6.61. The monoisotopic (exact) mass is 264 g/mol. The SMILES string of the molecule is CNC(=O)C1(C)CCN(c2nc(NN)ncc2C)C1. The molecule has 4 N–H and O–H groups in total. The minimum Gasteiger partial charge on any atom is -0.359 e. The Morgan fingerprint density at radius 2 is 2.32 bits per heavy atom. The van der Waals surface area contributed by atoms with E-state index in [2.05, 4.69) is 25.6 Å². The second kappa shape index (κ2) is 5.00. The zero-order valence-electron chi connectivity index (χ0n) is 11.5. The van der Waals surface area contributed by atoms with Crippen LogP contribution < -0.4 is 21.5 Å². The summed E-state index contributed by atoms with van der Waals surface area (Å²) in [5.41, 5.74) is 3.04. The molecule has 2 rings (SSSR count). The van der Waals surface area contributed by atoms with Crippen molar-refractivity contribution in [3.63, 3.8) is 0 Å². The smallest absolute Gasteiger partial charge is 0.239 e. The van der Waals surface area contributed by atoms with Crippen LogP contribution in [0.25, 0.3) is 0 Å². The summed E-state index contributed by atoms with van der Waals surface area (Å²) in [5, 5.41) is 2.73. The first-order valence-electron chi connectivity index (χ1n) is 6.27. The zero-order valence-corrected chi connectivity index (χ0v) is 11.5. The quantitative estimate of drug-likeness (QED) is 0.526. The molecule has 1 aliphatic heterocycles. The van der Waals surface area contributed by atoms with Gasteiger partial charge >= 0.3 is 0 Å². The van der Waals surface area contributed by atoms with E-state index in [0.29, 0.717) is 12.5 Å². The molecule has 104 valence electrons. The number of nitrogen functional groups attached to an aromatic ring is 1. The van der Waals surface area contributed by atoms with Gasteiger partial charge in [0.25, 0.3) is 0 Å². The number of anilines is 2. The molecule has 1 amide bonds. The Balaban J connectivity index is 2.23. The summed E-state index contributed by atoms with van der Waals surface area (Å²) in [6, 6.07) is 0. The minimum absolute atomic E-state index is 0.0684. The zero-order chi connectivity index (χ0) is 14.0. The van der Waals surface area contributed by atoms with Gasteiger partial charge in [-0.2, -0.15) is 4.98 Å². The van der Waals surface area contributed by atoms with Gasteiger partial charge in [0.05, 0.1) is 5.41 Å². The van der Waals surface area contributed by atoms with E-state index < -0.39 is 0 Å². The Morgan fingerprint density at radius 3 is 2.95 bits per heavy atom. The fourth-order valence-corrected chi connectivity index (χ4v) is 2.45. The third-order valence-electron chi connectivity index (χ3n) is 3.62. The van der Waals surface area contributed by atoms with Gasteiger partial charge in [-0.15, -0.1) is 0 Å². The Bertz CT molecular complexity index is 491. The number of nitrogens with one attached hydrogen (secondary N) is 2. The molecular weight excluding hydrogens is 244 g/mol. The highest BCUT2D eigenvalue weighted by Crippen LogP contribution is 2.33. The molecular formula is C12H20N6O. The summed E-state index contributed by atoms with van der Waals surface area (Å²) in [7, 11) is 1.67. The third-order valence-corrected chi connectivity index (χ3v) is 3.62. The Hall–Kier alpha value is -1.89. The number of hydrazine groups is 1. The number of hydrogen-bond donors (Lipinski definition) is 3. The van der Waals surface area contributed by atoms with Crippen LogP contribution in [0.2, 0.25) is 0 Å². The van der Waals surface area contributed by atoms with E-state index in [-0.39, 0.29) is 11.3 Å². The van der Waals surface area contributed by atoms with Crippen molar-refractivity contribution in [2.24, 2.45) is 11.3 Å². The molecule has 1 unspecified atom stereocenters. The lowest BCUT2D eigenvalue weighted by Gasteiger charge is -2.24. The topological polar surface area (TPSA) is 96.2 Å². The number of aromatic nitrogens is 2. The van der Waals surface area contributed by atoms with Gasteiger partial charge in [0.1, 0.15) is 5.82 Å². The standard InChI is InChI=1S/C12H20N6O/c1-8-6-15-11(17-13)16-9(8)18-5-4-12(2,7-18)10(19)14-3/h6H,4-5,7,13H2,1-3H3,(H,14,19)(H,15,16,17). The second-order valence-corrected chi connectivity index (χ2v) is 5.16. The van der Waals surface area contributed by atoms with Gasteiger partial charge < -0.3 is 10.2 Å². The fraction of sp³-hybridized carbons (Fsp3) is 0.583. The van der Waals surface area contributed by atoms with Crippen LogP contribution in [0, 0.1) is 12.3 Å². The first-order chi connectivity index (χ1) is 9.00. The Labute approximate surface area is 112 Å². The first-order valence-corrected chi connectivity index (χ1v) is 6.27. The summed E-state index contributed by atoms with van der Waals surface area (Å²) in [4.78, 5) is 22.5. The van der Waals surface area contributed by atoms with Crippen molar-refractivity contribution in [3.8, 4) is 0 Å². The van der Waals surface area contributed by atoms with Gasteiger partial charge in [0.2, 0.25) is 11.9 Å². The molecule has 1 aromatic rings. The molecule has 19 heavy (non-hydrogen) atoms. The lowest BCUT2D eigenvalue weighted by Crippen LogP contribution is -2.39. The molecule has 0 radical (unpaired) electrons. The van der Waals surface area contributed by atoms with Crippen LogP contribution in [0.3, 0.4) is 0 Å². The fourth-order valence-electron chi connectivity index (χ4n) is 2.45. The number of nitrogens with zero attached hydrogens (tertiary/aromatic N) is 3. The van der Waals surface area contributed by atoms with E-state index in [1.54, 1.807) is 13.2 Å². The number of carbonyl (C=O) groups excluding carboxylic acids is 1. The van der Waals surface area contributed by atoms with E-state index in [4.69, 9.17) is 5.84 Å². The lowest BCUT2D eigenvalue weighted by atomic mass is 9.89. The molecule has 0 bridgehead atoms. The van der Waals surface area contributed by atoms with E-state index in [1.807, 2.05) is 13.8 Å². The maximum atomic E-state index is 11.9. The highest BCUT2D eigenvalue weighted by atomic mass is 16.2. The van der Waals surface area contributed by atoms with Crippen molar-refractivity contribution in [1.82, 2.24) is 15.3 Å². The van der Waals surface area contributed by atoms with Crippen molar-refractivity contribution in [3.05, 3.63) is 11.8 Å². The summed E-state index contributed by atoms with van der Waals surface area (Å²) in [6.45, 7) is 5.37. The number of carbonyl (C=O) groups is 1. The number of rotatable bonds is 3. The number of aryl methyl sites for hydroxylation is 1. The predicted octanol–water partition coefficient (Wildman–Crippen LogP) is 0.0330. The van der Waals surface area contributed by atoms with Gasteiger partial charge in [0.15, 0.2) is 0 Å². The average molecular weight is 264 g/mol. The predicted molar refractivity (Wildman–Crippen MR) is 73.6 cm³/mol. The van der Waals surface area contributed by atoms with Gasteiger partial charge in [-0.1, -0.05) is 0 Å².